The Hall–Kier alpha value is 0.110. The van der Waals surface area contributed by atoms with E-state index in [2.05, 4.69) is 0 Å². The lowest BCUT2D eigenvalue weighted by Gasteiger charge is -1.87. The molecule has 1 nitrogen and oxygen atoms in total. The molecule has 0 aromatic carbocycles. The lowest BCUT2D eigenvalue weighted by atomic mass is 10.4. The van der Waals surface area contributed by atoms with Crippen molar-refractivity contribution in [2.24, 2.45) is 11.7 Å². The van der Waals surface area contributed by atoms with Crippen LogP contribution in [0.5, 0.6) is 0 Å². The number of halogens is 3. The van der Waals surface area contributed by atoms with Crippen molar-refractivity contribution >= 4 is 12.4 Å². The van der Waals surface area contributed by atoms with Gasteiger partial charge in [-0.15, -0.1) is 12.4 Å². The minimum absolute atomic E-state index is 0. The summed E-state index contributed by atoms with van der Waals surface area (Å²) in [7, 11) is 0. The van der Waals surface area contributed by atoms with Gasteiger partial charge in [-0.3, -0.25) is 0 Å². The summed E-state index contributed by atoms with van der Waals surface area (Å²) in [6.45, 7) is 0.132. The van der Waals surface area contributed by atoms with Crippen LogP contribution in [0.4, 0.5) is 8.78 Å². The maximum Gasteiger partial charge on any atom is 0.252 e. The fourth-order valence-corrected chi connectivity index (χ4v) is 0.525. The molecule has 1 aliphatic carbocycles. The summed E-state index contributed by atoms with van der Waals surface area (Å²) in [6.07, 6.45) is 0.00347. The van der Waals surface area contributed by atoms with Crippen molar-refractivity contribution in [3.8, 4) is 0 Å². The standard InChI is InChI=1S/C4H7F2N.ClH/c5-4(6)1-3(4)2-7;/h3H,1-2,7H2;1H. The van der Waals surface area contributed by atoms with Gasteiger partial charge in [0.15, 0.2) is 0 Å². The van der Waals surface area contributed by atoms with Crippen LogP contribution in [0.3, 0.4) is 0 Å². The molecule has 50 valence electrons. The first-order valence-corrected chi connectivity index (χ1v) is 2.24. The average molecular weight is 144 g/mol. The van der Waals surface area contributed by atoms with Crippen molar-refractivity contribution < 1.29 is 8.78 Å². The van der Waals surface area contributed by atoms with E-state index in [-0.39, 0.29) is 25.4 Å². The summed E-state index contributed by atoms with van der Waals surface area (Å²) < 4.78 is 23.4. The molecule has 1 atom stereocenters. The Kier molecular flexibility index (Phi) is 2.18. The van der Waals surface area contributed by atoms with E-state index >= 15 is 0 Å². The van der Waals surface area contributed by atoms with Crippen LogP contribution in [0.2, 0.25) is 0 Å². The second kappa shape index (κ2) is 2.15. The van der Waals surface area contributed by atoms with Gasteiger partial charge in [-0.05, 0) is 0 Å². The van der Waals surface area contributed by atoms with Gasteiger partial charge in [0.1, 0.15) is 0 Å². The van der Waals surface area contributed by atoms with Crippen LogP contribution in [-0.2, 0) is 0 Å². The van der Waals surface area contributed by atoms with E-state index in [1.807, 2.05) is 0 Å². The summed E-state index contributed by atoms with van der Waals surface area (Å²) >= 11 is 0. The second-order valence-corrected chi connectivity index (χ2v) is 1.90. The molecule has 0 spiro atoms. The maximum atomic E-state index is 11.7. The third-order valence-corrected chi connectivity index (χ3v) is 1.24. The summed E-state index contributed by atoms with van der Waals surface area (Å²) in [4.78, 5) is 0. The van der Waals surface area contributed by atoms with Gasteiger partial charge in [-0.1, -0.05) is 0 Å². The van der Waals surface area contributed by atoms with Gasteiger partial charge in [-0.25, -0.2) is 8.78 Å². The van der Waals surface area contributed by atoms with Gasteiger partial charge in [0.25, 0.3) is 5.92 Å². The third kappa shape index (κ3) is 1.29. The van der Waals surface area contributed by atoms with Crippen LogP contribution in [-0.4, -0.2) is 12.5 Å². The Labute approximate surface area is 52.7 Å². The van der Waals surface area contributed by atoms with E-state index in [4.69, 9.17) is 5.73 Å². The van der Waals surface area contributed by atoms with Gasteiger partial charge in [0, 0.05) is 18.9 Å². The number of hydrogen-bond donors (Lipinski definition) is 1. The Morgan fingerprint density at radius 3 is 2.00 bits per heavy atom. The number of hydrogen-bond acceptors (Lipinski definition) is 1. The van der Waals surface area contributed by atoms with Crippen molar-refractivity contribution in [1.82, 2.24) is 0 Å². The van der Waals surface area contributed by atoms with Crippen LogP contribution in [0, 0.1) is 5.92 Å². The van der Waals surface area contributed by atoms with E-state index in [9.17, 15) is 8.78 Å². The van der Waals surface area contributed by atoms with E-state index in [0.717, 1.165) is 0 Å². The van der Waals surface area contributed by atoms with E-state index in [1.54, 1.807) is 0 Å². The van der Waals surface area contributed by atoms with Gasteiger partial charge < -0.3 is 5.73 Å². The zero-order valence-electron chi connectivity index (χ0n) is 4.23. The normalized spacial score (nSPS) is 31.1. The highest BCUT2D eigenvalue weighted by Crippen LogP contribution is 2.47. The van der Waals surface area contributed by atoms with Crippen LogP contribution in [0.1, 0.15) is 6.42 Å². The third-order valence-electron chi connectivity index (χ3n) is 1.24. The molecule has 0 radical (unpaired) electrons. The first-order chi connectivity index (χ1) is 3.17. The smallest absolute Gasteiger partial charge is 0.252 e. The van der Waals surface area contributed by atoms with Crippen molar-refractivity contribution in [3.63, 3.8) is 0 Å². The van der Waals surface area contributed by atoms with Gasteiger partial charge in [0.05, 0.1) is 0 Å². The molecule has 1 rings (SSSR count). The van der Waals surface area contributed by atoms with Crippen LogP contribution >= 0.6 is 12.4 Å². The molecule has 1 unspecified atom stereocenters. The van der Waals surface area contributed by atoms with E-state index < -0.39 is 11.8 Å². The Morgan fingerprint density at radius 2 is 2.00 bits per heavy atom. The molecule has 4 heteroatoms. The first-order valence-electron chi connectivity index (χ1n) is 2.24. The van der Waals surface area contributed by atoms with Gasteiger partial charge in [-0.2, -0.15) is 0 Å². The Balaban J connectivity index is 0.000000490. The second-order valence-electron chi connectivity index (χ2n) is 1.90. The fourth-order valence-electron chi connectivity index (χ4n) is 0.525. The summed E-state index contributed by atoms with van der Waals surface area (Å²) in [5.74, 6) is -2.91. The molecule has 2 N–H and O–H groups in total. The highest BCUT2D eigenvalue weighted by atomic mass is 35.5. The molecule has 0 aromatic rings. The highest BCUT2D eigenvalue weighted by molar-refractivity contribution is 5.85. The van der Waals surface area contributed by atoms with Gasteiger partial charge in [0.2, 0.25) is 0 Å². The molecule has 8 heavy (non-hydrogen) atoms. The molecule has 0 heterocycles. The molecular formula is C4H8ClF2N. The molecule has 1 saturated carbocycles. The van der Waals surface area contributed by atoms with Crippen molar-refractivity contribution in [2.75, 3.05) is 6.54 Å². The van der Waals surface area contributed by atoms with Crippen molar-refractivity contribution in [1.29, 1.82) is 0 Å². The Morgan fingerprint density at radius 1 is 1.62 bits per heavy atom. The Bertz CT molecular complexity index is 86.1. The van der Waals surface area contributed by atoms with Crippen molar-refractivity contribution in [3.05, 3.63) is 0 Å². The van der Waals surface area contributed by atoms with E-state index in [1.165, 1.54) is 0 Å². The maximum absolute atomic E-state index is 11.7. The first kappa shape index (κ1) is 8.11. The van der Waals surface area contributed by atoms with Crippen LogP contribution in [0.15, 0.2) is 0 Å². The van der Waals surface area contributed by atoms with Gasteiger partial charge >= 0.3 is 0 Å². The lowest BCUT2D eigenvalue weighted by molar-refractivity contribution is 0.101. The molecule has 0 amide bonds. The van der Waals surface area contributed by atoms with E-state index in [0.29, 0.717) is 0 Å². The number of alkyl halides is 2. The summed E-state index contributed by atoms with van der Waals surface area (Å²) in [5, 5.41) is 0. The summed E-state index contributed by atoms with van der Waals surface area (Å²) in [5.41, 5.74) is 4.93. The number of nitrogens with two attached hydrogens (primary N) is 1. The predicted octanol–water partition coefficient (Wildman–Crippen LogP) is 1.02. The quantitative estimate of drug-likeness (QED) is 0.583. The topological polar surface area (TPSA) is 26.0 Å². The highest BCUT2D eigenvalue weighted by Gasteiger charge is 2.55. The molecule has 1 aliphatic rings. The zero-order valence-corrected chi connectivity index (χ0v) is 5.05. The summed E-state index contributed by atoms with van der Waals surface area (Å²) in [6, 6.07) is 0. The SMILES string of the molecule is Cl.NCC1CC1(F)F. The molecule has 0 aliphatic heterocycles. The lowest BCUT2D eigenvalue weighted by Crippen LogP contribution is -2.06. The minimum Gasteiger partial charge on any atom is -0.330 e. The molecule has 0 bridgehead atoms. The fraction of sp³-hybridized carbons (Fsp3) is 1.00. The molecular weight excluding hydrogens is 136 g/mol. The van der Waals surface area contributed by atoms with Crippen LogP contribution < -0.4 is 5.73 Å². The zero-order chi connectivity index (χ0) is 5.49. The largest absolute Gasteiger partial charge is 0.330 e. The molecule has 0 saturated heterocycles. The molecule has 0 aromatic heterocycles. The monoisotopic (exact) mass is 143 g/mol. The number of rotatable bonds is 1. The minimum atomic E-state index is -2.41. The molecule has 1 fully saturated rings. The van der Waals surface area contributed by atoms with Crippen molar-refractivity contribution in [2.45, 2.75) is 12.3 Å². The predicted molar refractivity (Wildman–Crippen MR) is 29.4 cm³/mol. The average Bonchev–Trinajstić information content (AvgIpc) is 2.13. The van der Waals surface area contributed by atoms with Crippen LogP contribution in [0.25, 0.3) is 0 Å².